The van der Waals surface area contributed by atoms with E-state index in [-0.39, 0.29) is 5.97 Å². The van der Waals surface area contributed by atoms with Crippen LogP contribution >= 0.6 is 11.8 Å². The van der Waals surface area contributed by atoms with Gasteiger partial charge in [0.15, 0.2) is 0 Å². The van der Waals surface area contributed by atoms with Crippen molar-refractivity contribution < 1.29 is 9.53 Å². The molecule has 0 saturated heterocycles. The van der Waals surface area contributed by atoms with Gasteiger partial charge in [-0.25, -0.2) is 0 Å². The van der Waals surface area contributed by atoms with Gasteiger partial charge < -0.3 is 10.5 Å². The lowest BCUT2D eigenvalue weighted by Crippen LogP contribution is -2.48. The minimum Gasteiger partial charge on any atom is -0.468 e. The van der Waals surface area contributed by atoms with E-state index >= 15 is 0 Å². The first-order valence-electron chi connectivity index (χ1n) is 5.05. The zero-order valence-electron chi connectivity index (χ0n) is 9.60. The molecule has 88 valence electrons. The van der Waals surface area contributed by atoms with E-state index in [1.54, 1.807) is 18.7 Å². The Labute approximate surface area is 100 Å². The molecule has 1 aromatic rings. The van der Waals surface area contributed by atoms with E-state index in [4.69, 9.17) is 5.73 Å². The average molecular weight is 239 g/mol. The summed E-state index contributed by atoms with van der Waals surface area (Å²) >= 11 is 1.63. The first kappa shape index (κ1) is 13.1. The number of hydrogen-bond donors (Lipinski definition) is 1. The first-order chi connectivity index (χ1) is 7.56. The number of hydrogen-bond acceptors (Lipinski definition) is 4. The second-order valence-electron chi connectivity index (χ2n) is 3.89. The van der Waals surface area contributed by atoms with Crippen LogP contribution in [-0.2, 0) is 15.3 Å². The van der Waals surface area contributed by atoms with Crippen LogP contribution < -0.4 is 5.73 Å². The highest BCUT2D eigenvalue weighted by molar-refractivity contribution is 7.98. The maximum Gasteiger partial charge on any atom is 0.326 e. The van der Waals surface area contributed by atoms with Crippen LogP contribution in [0.15, 0.2) is 30.3 Å². The summed E-state index contributed by atoms with van der Waals surface area (Å²) in [5.74, 6) is 1.03. The van der Waals surface area contributed by atoms with Crippen LogP contribution in [0.5, 0.6) is 0 Å². The smallest absolute Gasteiger partial charge is 0.326 e. The number of carbonyl (C=O) groups is 1. The molecular weight excluding hydrogens is 222 g/mol. The third-order valence-electron chi connectivity index (χ3n) is 2.17. The molecule has 0 radical (unpaired) electrons. The lowest BCUT2D eigenvalue weighted by Gasteiger charge is -2.20. The van der Waals surface area contributed by atoms with Gasteiger partial charge >= 0.3 is 5.97 Å². The van der Waals surface area contributed by atoms with Gasteiger partial charge in [0.05, 0.1) is 7.11 Å². The summed E-state index contributed by atoms with van der Waals surface area (Å²) in [4.78, 5) is 11.3. The van der Waals surface area contributed by atoms with Crippen molar-refractivity contribution in [1.82, 2.24) is 0 Å². The average Bonchev–Trinajstić information content (AvgIpc) is 2.29. The van der Waals surface area contributed by atoms with Crippen LogP contribution in [0.25, 0.3) is 0 Å². The Kier molecular flexibility index (Phi) is 4.83. The van der Waals surface area contributed by atoms with Gasteiger partial charge in [0.2, 0.25) is 0 Å². The Morgan fingerprint density at radius 1 is 1.44 bits per heavy atom. The number of esters is 1. The van der Waals surface area contributed by atoms with Crippen molar-refractivity contribution in [3.05, 3.63) is 35.9 Å². The number of carbonyl (C=O) groups excluding carboxylic acids is 1. The monoisotopic (exact) mass is 239 g/mol. The summed E-state index contributed by atoms with van der Waals surface area (Å²) in [7, 11) is 1.36. The molecule has 0 saturated carbocycles. The summed E-state index contributed by atoms with van der Waals surface area (Å²) in [5.41, 5.74) is 6.16. The molecule has 0 heterocycles. The molecule has 1 atom stereocenters. The van der Waals surface area contributed by atoms with Crippen molar-refractivity contribution in [2.24, 2.45) is 5.73 Å². The SMILES string of the molecule is COC(=O)C(C)(N)CSCc1ccccc1. The number of nitrogens with two attached hydrogens (primary N) is 1. The van der Waals surface area contributed by atoms with Crippen LogP contribution in [0.1, 0.15) is 12.5 Å². The fourth-order valence-electron chi connectivity index (χ4n) is 1.25. The van der Waals surface area contributed by atoms with Crippen molar-refractivity contribution in [3.8, 4) is 0 Å². The molecule has 0 aromatic heterocycles. The van der Waals surface area contributed by atoms with E-state index in [0.29, 0.717) is 5.75 Å². The number of thioether (sulfide) groups is 1. The van der Waals surface area contributed by atoms with Crippen molar-refractivity contribution in [2.75, 3.05) is 12.9 Å². The van der Waals surface area contributed by atoms with Gasteiger partial charge in [-0.3, -0.25) is 4.79 Å². The number of benzene rings is 1. The molecule has 0 amide bonds. The van der Waals surface area contributed by atoms with Gasteiger partial charge in [-0.05, 0) is 12.5 Å². The normalized spacial score (nSPS) is 14.2. The molecule has 16 heavy (non-hydrogen) atoms. The summed E-state index contributed by atoms with van der Waals surface area (Å²) in [6, 6.07) is 10.1. The van der Waals surface area contributed by atoms with Gasteiger partial charge in [0.25, 0.3) is 0 Å². The molecule has 2 N–H and O–H groups in total. The Hall–Kier alpha value is -1.00. The minimum absolute atomic E-state index is 0.368. The highest BCUT2D eigenvalue weighted by atomic mass is 32.2. The fraction of sp³-hybridized carbons (Fsp3) is 0.417. The van der Waals surface area contributed by atoms with Crippen molar-refractivity contribution in [3.63, 3.8) is 0 Å². The van der Waals surface area contributed by atoms with Gasteiger partial charge in [0, 0.05) is 11.5 Å². The largest absolute Gasteiger partial charge is 0.468 e. The molecule has 0 fully saturated rings. The van der Waals surface area contributed by atoms with Gasteiger partial charge in [-0.1, -0.05) is 30.3 Å². The zero-order chi connectivity index (χ0) is 12.0. The summed E-state index contributed by atoms with van der Waals surface area (Å²) < 4.78 is 4.64. The first-order valence-corrected chi connectivity index (χ1v) is 6.21. The van der Waals surface area contributed by atoms with Crippen molar-refractivity contribution >= 4 is 17.7 Å². The standard InChI is InChI=1S/C12H17NO2S/c1-12(13,11(14)15-2)9-16-8-10-6-4-3-5-7-10/h3-7H,8-9,13H2,1-2H3. The number of ether oxygens (including phenoxy) is 1. The summed E-state index contributed by atoms with van der Waals surface area (Å²) in [6.07, 6.45) is 0. The van der Waals surface area contributed by atoms with E-state index in [2.05, 4.69) is 16.9 Å². The molecule has 0 aliphatic heterocycles. The van der Waals surface area contributed by atoms with Crippen LogP contribution in [0.4, 0.5) is 0 Å². The Morgan fingerprint density at radius 3 is 2.62 bits per heavy atom. The topological polar surface area (TPSA) is 52.3 Å². The fourth-order valence-corrected chi connectivity index (χ4v) is 2.32. The van der Waals surface area contributed by atoms with Crippen LogP contribution in [0.3, 0.4) is 0 Å². The number of rotatable bonds is 5. The van der Waals surface area contributed by atoms with E-state index in [1.807, 2.05) is 18.2 Å². The molecular formula is C12H17NO2S. The van der Waals surface area contributed by atoms with E-state index in [0.717, 1.165) is 5.75 Å². The molecule has 4 heteroatoms. The van der Waals surface area contributed by atoms with E-state index in [1.165, 1.54) is 12.7 Å². The van der Waals surface area contributed by atoms with Crippen LogP contribution in [-0.4, -0.2) is 24.4 Å². The summed E-state index contributed by atoms with van der Waals surface area (Å²) in [5, 5.41) is 0. The highest BCUT2D eigenvalue weighted by Gasteiger charge is 2.29. The van der Waals surface area contributed by atoms with Crippen LogP contribution in [0.2, 0.25) is 0 Å². The van der Waals surface area contributed by atoms with Crippen molar-refractivity contribution in [1.29, 1.82) is 0 Å². The lowest BCUT2D eigenvalue weighted by molar-refractivity contribution is -0.145. The third-order valence-corrected chi connectivity index (χ3v) is 3.51. The predicted octanol–water partition coefficient (Wildman–Crippen LogP) is 1.81. The Morgan fingerprint density at radius 2 is 2.06 bits per heavy atom. The maximum absolute atomic E-state index is 11.3. The Bertz CT molecular complexity index is 338. The lowest BCUT2D eigenvalue weighted by atomic mass is 10.1. The quantitative estimate of drug-likeness (QED) is 0.796. The molecule has 1 unspecified atom stereocenters. The number of methoxy groups -OCH3 is 1. The third kappa shape index (κ3) is 3.87. The molecule has 3 nitrogen and oxygen atoms in total. The highest BCUT2D eigenvalue weighted by Crippen LogP contribution is 2.17. The van der Waals surface area contributed by atoms with Crippen LogP contribution in [0, 0.1) is 0 Å². The summed E-state index contributed by atoms with van der Waals surface area (Å²) in [6.45, 7) is 1.69. The van der Waals surface area contributed by atoms with Gasteiger partial charge in [-0.15, -0.1) is 0 Å². The van der Waals surface area contributed by atoms with E-state index < -0.39 is 5.54 Å². The second-order valence-corrected chi connectivity index (χ2v) is 4.87. The molecule has 0 aliphatic carbocycles. The molecule has 0 bridgehead atoms. The van der Waals surface area contributed by atoms with E-state index in [9.17, 15) is 4.79 Å². The molecule has 0 aliphatic rings. The van der Waals surface area contributed by atoms with Gasteiger partial charge in [0.1, 0.15) is 5.54 Å². The zero-order valence-corrected chi connectivity index (χ0v) is 10.4. The molecule has 1 aromatic carbocycles. The molecule has 0 spiro atoms. The second kappa shape index (κ2) is 5.92. The minimum atomic E-state index is -0.909. The molecule has 1 rings (SSSR count). The van der Waals surface area contributed by atoms with Gasteiger partial charge in [-0.2, -0.15) is 11.8 Å². The predicted molar refractivity (Wildman–Crippen MR) is 67.2 cm³/mol. The van der Waals surface area contributed by atoms with Crippen molar-refractivity contribution in [2.45, 2.75) is 18.2 Å². The Balaban J connectivity index is 2.38. The maximum atomic E-state index is 11.3.